The molecule has 1 N–H and O–H groups in total. The molecule has 0 fully saturated rings. The molecule has 0 unspecified atom stereocenters. The Bertz CT molecular complexity index is 690. The third-order valence-corrected chi connectivity index (χ3v) is 3.81. The van der Waals surface area contributed by atoms with E-state index in [1.165, 1.54) is 11.3 Å². The van der Waals surface area contributed by atoms with E-state index in [4.69, 9.17) is 0 Å². The fraction of sp³-hybridized carbons (Fsp3) is 0.0625. The molecule has 0 aliphatic heterocycles. The molecular formula is C16H14O2S. The molecule has 0 bridgehead atoms. The van der Waals surface area contributed by atoms with Gasteiger partial charge in [-0.15, -0.1) is 11.3 Å². The van der Waals surface area contributed by atoms with Crippen molar-refractivity contribution in [2.75, 3.05) is 0 Å². The minimum Gasteiger partial charge on any atom is -0.508 e. The highest BCUT2D eigenvalue weighted by Gasteiger charge is 2.13. The zero-order valence-corrected chi connectivity index (χ0v) is 11.4. The molecule has 0 radical (unpaired) electrons. The van der Waals surface area contributed by atoms with E-state index in [1.807, 2.05) is 19.1 Å². The van der Waals surface area contributed by atoms with E-state index in [2.05, 4.69) is 6.58 Å². The lowest BCUT2D eigenvalue weighted by atomic mass is 10.1. The summed E-state index contributed by atoms with van der Waals surface area (Å²) in [5, 5.41) is 10.4. The molecule has 2 nitrogen and oxygen atoms in total. The van der Waals surface area contributed by atoms with Crippen LogP contribution < -0.4 is 0 Å². The first-order valence-corrected chi connectivity index (χ1v) is 6.70. The number of phenols is 1. The fourth-order valence-corrected chi connectivity index (χ4v) is 2.81. The van der Waals surface area contributed by atoms with Gasteiger partial charge < -0.3 is 5.11 Å². The number of Topliss-reactive ketones (excluding diaryl/α,β-unsaturated/α-hetero) is 1. The average Bonchev–Trinajstić information content (AvgIpc) is 2.82. The smallest absolute Gasteiger partial charge is 0.202 e. The van der Waals surface area contributed by atoms with Crippen LogP contribution in [0.4, 0.5) is 0 Å². The summed E-state index contributed by atoms with van der Waals surface area (Å²) in [6.07, 6.45) is 6.91. The van der Waals surface area contributed by atoms with Crippen molar-refractivity contribution in [3.8, 4) is 5.75 Å². The number of carbonyl (C=O) groups excluding carboxylic acids is 1. The number of rotatable bonds is 4. The van der Waals surface area contributed by atoms with Crippen molar-refractivity contribution in [3.05, 3.63) is 65.6 Å². The summed E-state index contributed by atoms with van der Waals surface area (Å²) in [6, 6.07) is 6.96. The van der Waals surface area contributed by atoms with E-state index >= 15 is 0 Å². The van der Waals surface area contributed by atoms with Crippen LogP contribution in [0.5, 0.6) is 5.75 Å². The third-order valence-electron chi connectivity index (χ3n) is 2.71. The van der Waals surface area contributed by atoms with Crippen molar-refractivity contribution in [3.63, 3.8) is 0 Å². The lowest BCUT2D eigenvalue weighted by molar-refractivity contribution is 0.104. The van der Waals surface area contributed by atoms with Crippen molar-refractivity contribution in [1.29, 1.82) is 0 Å². The molecule has 19 heavy (non-hydrogen) atoms. The van der Waals surface area contributed by atoms with Gasteiger partial charge in [0.05, 0.1) is 4.88 Å². The standard InChI is InChI=1S/C16H14O2S/c1-3-5-6-11(4-2)16(18)15-9-12-7-8-13(17)10-14(12)19-15/h3-10,17H,1H2,2H3/b6-5-,11-4+. The Morgan fingerprint density at radius 2 is 2.16 bits per heavy atom. The minimum absolute atomic E-state index is 0.0127. The highest BCUT2D eigenvalue weighted by molar-refractivity contribution is 7.21. The molecule has 0 aliphatic rings. The summed E-state index contributed by atoms with van der Waals surface area (Å²) in [6.45, 7) is 5.43. The van der Waals surface area contributed by atoms with Crippen LogP contribution in [0.15, 0.2) is 60.7 Å². The first-order chi connectivity index (χ1) is 9.15. The molecule has 2 rings (SSSR count). The van der Waals surface area contributed by atoms with Crippen LogP contribution >= 0.6 is 11.3 Å². The van der Waals surface area contributed by atoms with Gasteiger partial charge in [-0.1, -0.05) is 30.9 Å². The highest BCUT2D eigenvalue weighted by Crippen LogP contribution is 2.30. The zero-order chi connectivity index (χ0) is 13.8. The van der Waals surface area contributed by atoms with Crippen LogP contribution in [0, 0.1) is 0 Å². The molecule has 0 saturated heterocycles. The zero-order valence-electron chi connectivity index (χ0n) is 10.6. The SMILES string of the molecule is C=C/C=C\C(=C/C)C(=O)c1cc2ccc(O)cc2s1. The molecule has 3 heteroatoms. The van der Waals surface area contributed by atoms with Gasteiger partial charge in [-0.2, -0.15) is 0 Å². The Kier molecular flexibility index (Phi) is 3.97. The quantitative estimate of drug-likeness (QED) is 0.505. The van der Waals surface area contributed by atoms with E-state index in [9.17, 15) is 9.90 Å². The Hall–Kier alpha value is -2.13. The number of carbonyl (C=O) groups is 1. The number of thiophene rings is 1. The Morgan fingerprint density at radius 1 is 1.37 bits per heavy atom. The van der Waals surface area contributed by atoms with Gasteiger partial charge in [0.15, 0.2) is 0 Å². The monoisotopic (exact) mass is 270 g/mol. The fourth-order valence-electron chi connectivity index (χ4n) is 1.75. The molecule has 0 spiro atoms. The van der Waals surface area contributed by atoms with Crippen LogP contribution in [-0.2, 0) is 0 Å². The number of ketones is 1. The topological polar surface area (TPSA) is 37.3 Å². The molecule has 1 heterocycles. The molecular weight excluding hydrogens is 256 g/mol. The molecule has 96 valence electrons. The largest absolute Gasteiger partial charge is 0.508 e. The molecule has 0 aliphatic carbocycles. The highest BCUT2D eigenvalue weighted by atomic mass is 32.1. The van der Waals surface area contributed by atoms with Crippen LogP contribution in [0.2, 0.25) is 0 Å². The van der Waals surface area contributed by atoms with Gasteiger partial charge in [0.1, 0.15) is 5.75 Å². The van der Waals surface area contributed by atoms with Crippen molar-refractivity contribution in [1.82, 2.24) is 0 Å². The summed E-state index contributed by atoms with van der Waals surface area (Å²) >= 11 is 1.39. The van der Waals surface area contributed by atoms with Crippen molar-refractivity contribution in [2.24, 2.45) is 0 Å². The first kappa shape index (κ1) is 13.3. The predicted octanol–water partition coefficient (Wildman–Crippen LogP) is 4.48. The molecule has 2 aromatic rings. The number of hydrogen-bond acceptors (Lipinski definition) is 3. The van der Waals surface area contributed by atoms with E-state index in [1.54, 1.807) is 36.4 Å². The third kappa shape index (κ3) is 2.83. The van der Waals surface area contributed by atoms with Crippen molar-refractivity contribution >= 4 is 27.2 Å². The Balaban J connectivity index is 2.41. The van der Waals surface area contributed by atoms with Gasteiger partial charge in [-0.05, 0) is 36.6 Å². The number of fused-ring (bicyclic) bond motifs is 1. The maximum atomic E-state index is 12.3. The second-order valence-electron chi connectivity index (χ2n) is 4.00. The van der Waals surface area contributed by atoms with Crippen LogP contribution in [0.25, 0.3) is 10.1 Å². The van der Waals surface area contributed by atoms with Crippen LogP contribution in [0.1, 0.15) is 16.6 Å². The van der Waals surface area contributed by atoms with Gasteiger partial charge in [-0.3, -0.25) is 4.79 Å². The number of benzene rings is 1. The maximum absolute atomic E-state index is 12.3. The van der Waals surface area contributed by atoms with Gasteiger partial charge in [0.2, 0.25) is 5.78 Å². The van der Waals surface area contributed by atoms with Gasteiger partial charge in [0, 0.05) is 10.3 Å². The maximum Gasteiger partial charge on any atom is 0.202 e. The van der Waals surface area contributed by atoms with Gasteiger partial charge in [0.25, 0.3) is 0 Å². The van der Waals surface area contributed by atoms with Gasteiger partial charge >= 0.3 is 0 Å². The number of hydrogen-bond donors (Lipinski definition) is 1. The Morgan fingerprint density at radius 3 is 2.84 bits per heavy atom. The summed E-state index contributed by atoms with van der Waals surface area (Å²) in [5.74, 6) is 0.201. The summed E-state index contributed by atoms with van der Waals surface area (Å²) in [7, 11) is 0. The number of allylic oxidation sites excluding steroid dienone is 5. The summed E-state index contributed by atoms with van der Waals surface area (Å²) < 4.78 is 0.909. The van der Waals surface area contributed by atoms with E-state index in [0.717, 1.165) is 10.1 Å². The second kappa shape index (κ2) is 5.67. The van der Waals surface area contributed by atoms with Crippen molar-refractivity contribution < 1.29 is 9.90 Å². The normalized spacial score (nSPS) is 12.2. The minimum atomic E-state index is -0.0127. The van der Waals surface area contributed by atoms with Crippen LogP contribution in [-0.4, -0.2) is 10.9 Å². The first-order valence-electron chi connectivity index (χ1n) is 5.88. The van der Waals surface area contributed by atoms with E-state index in [-0.39, 0.29) is 11.5 Å². The Labute approximate surface area is 116 Å². The second-order valence-corrected chi connectivity index (χ2v) is 5.08. The molecule has 0 atom stereocenters. The van der Waals surface area contributed by atoms with Crippen molar-refractivity contribution in [2.45, 2.75) is 6.92 Å². The number of aromatic hydroxyl groups is 1. The lowest BCUT2D eigenvalue weighted by Gasteiger charge is -1.96. The molecule has 1 aromatic carbocycles. The predicted molar refractivity (Wildman–Crippen MR) is 80.9 cm³/mol. The lowest BCUT2D eigenvalue weighted by Crippen LogP contribution is -1.98. The van der Waals surface area contributed by atoms with E-state index in [0.29, 0.717) is 10.5 Å². The molecule has 1 aromatic heterocycles. The number of phenolic OH excluding ortho intramolecular Hbond substituents is 1. The summed E-state index contributed by atoms with van der Waals surface area (Å²) in [4.78, 5) is 13.0. The van der Waals surface area contributed by atoms with Gasteiger partial charge in [-0.25, -0.2) is 0 Å². The average molecular weight is 270 g/mol. The summed E-state index contributed by atoms with van der Waals surface area (Å²) in [5.41, 5.74) is 0.635. The molecule has 0 amide bonds. The van der Waals surface area contributed by atoms with E-state index < -0.39 is 0 Å². The van der Waals surface area contributed by atoms with Crippen LogP contribution in [0.3, 0.4) is 0 Å². The molecule has 0 saturated carbocycles.